The molecule has 1 aliphatic heterocycles. The SMILES string of the molecule is CC1CCNC(C(O)c2cc(F)ccc2F)C1. The largest absolute Gasteiger partial charge is 0.387 e. The average molecular weight is 241 g/mol. The van der Waals surface area contributed by atoms with E-state index >= 15 is 0 Å². The minimum atomic E-state index is -0.992. The summed E-state index contributed by atoms with van der Waals surface area (Å²) in [4.78, 5) is 0. The monoisotopic (exact) mass is 241 g/mol. The Morgan fingerprint density at radius 2 is 2.18 bits per heavy atom. The fraction of sp³-hybridized carbons (Fsp3) is 0.538. The fourth-order valence-electron chi connectivity index (χ4n) is 2.35. The highest BCUT2D eigenvalue weighted by Crippen LogP contribution is 2.27. The van der Waals surface area contributed by atoms with Gasteiger partial charge in [0.2, 0.25) is 0 Å². The molecule has 1 saturated heterocycles. The summed E-state index contributed by atoms with van der Waals surface area (Å²) >= 11 is 0. The van der Waals surface area contributed by atoms with Crippen LogP contribution in [0, 0.1) is 17.6 Å². The Hall–Kier alpha value is -1.00. The number of benzene rings is 1. The van der Waals surface area contributed by atoms with E-state index in [0.29, 0.717) is 5.92 Å². The highest BCUT2D eigenvalue weighted by Gasteiger charge is 2.27. The van der Waals surface area contributed by atoms with Crippen LogP contribution < -0.4 is 5.32 Å². The molecule has 17 heavy (non-hydrogen) atoms. The fourth-order valence-corrected chi connectivity index (χ4v) is 2.35. The third-order valence-electron chi connectivity index (χ3n) is 3.36. The molecule has 0 radical (unpaired) electrons. The minimum Gasteiger partial charge on any atom is -0.387 e. The number of hydrogen-bond acceptors (Lipinski definition) is 2. The van der Waals surface area contributed by atoms with Crippen molar-refractivity contribution >= 4 is 0 Å². The smallest absolute Gasteiger partial charge is 0.129 e. The van der Waals surface area contributed by atoms with Gasteiger partial charge < -0.3 is 10.4 Å². The molecule has 1 heterocycles. The lowest BCUT2D eigenvalue weighted by Gasteiger charge is -2.32. The Kier molecular flexibility index (Phi) is 3.74. The maximum absolute atomic E-state index is 13.5. The van der Waals surface area contributed by atoms with E-state index in [1.165, 1.54) is 0 Å². The van der Waals surface area contributed by atoms with Gasteiger partial charge in [-0.25, -0.2) is 8.78 Å². The molecule has 1 fully saturated rings. The summed E-state index contributed by atoms with van der Waals surface area (Å²) in [6, 6.07) is 2.99. The molecular formula is C13H17F2NO. The number of halogens is 2. The molecule has 4 heteroatoms. The molecule has 2 rings (SSSR count). The van der Waals surface area contributed by atoms with Crippen LogP contribution in [0.4, 0.5) is 8.78 Å². The van der Waals surface area contributed by atoms with Crippen molar-refractivity contribution in [1.82, 2.24) is 5.32 Å². The Labute approximate surface area is 99.7 Å². The first-order valence-electron chi connectivity index (χ1n) is 5.94. The molecule has 1 aliphatic rings. The van der Waals surface area contributed by atoms with Gasteiger partial charge in [0.15, 0.2) is 0 Å². The van der Waals surface area contributed by atoms with Gasteiger partial charge in [-0.2, -0.15) is 0 Å². The van der Waals surface area contributed by atoms with Gasteiger partial charge in [0.25, 0.3) is 0 Å². The predicted octanol–water partition coefficient (Wildman–Crippen LogP) is 2.39. The molecule has 2 nitrogen and oxygen atoms in total. The third kappa shape index (κ3) is 2.82. The Morgan fingerprint density at radius 1 is 1.41 bits per heavy atom. The van der Waals surface area contributed by atoms with Gasteiger partial charge in [-0.1, -0.05) is 6.92 Å². The quantitative estimate of drug-likeness (QED) is 0.833. The molecule has 0 saturated carbocycles. The van der Waals surface area contributed by atoms with E-state index in [4.69, 9.17) is 0 Å². The minimum absolute atomic E-state index is 0.0385. The third-order valence-corrected chi connectivity index (χ3v) is 3.36. The molecule has 0 aromatic heterocycles. The van der Waals surface area contributed by atoms with Crippen molar-refractivity contribution < 1.29 is 13.9 Å². The molecule has 1 aromatic rings. The van der Waals surface area contributed by atoms with Crippen LogP contribution in [0.2, 0.25) is 0 Å². The van der Waals surface area contributed by atoms with E-state index in [-0.39, 0.29) is 11.6 Å². The van der Waals surface area contributed by atoms with Crippen molar-refractivity contribution in [3.8, 4) is 0 Å². The van der Waals surface area contributed by atoms with Gasteiger partial charge in [0.05, 0.1) is 6.10 Å². The van der Waals surface area contributed by atoms with Gasteiger partial charge in [0, 0.05) is 11.6 Å². The zero-order chi connectivity index (χ0) is 12.4. The summed E-state index contributed by atoms with van der Waals surface area (Å²) in [6.07, 6.45) is 0.833. The van der Waals surface area contributed by atoms with E-state index in [1.807, 2.05) is 0 Å². The van der Waals surface area contributed by atoms with Crippen molar-refractivity contribution in [2.24, 2.45) is 5.92 Å². The van der Waals surface area contributed by atoms with Crippen LogP contribution in [-0.2, 0) is 0 Å². The number of hydrogen-bond donors (Lipinski definition) is 2. The number of aliphatic hydroxyl groups is 1. The maximum atomic E-state index is 13.5. The number of piperidine rings is 1. The summed E-state index contributed by atoms with van der Waals surface area (Å²) in [5.74, 6) is -0.587. The second-order valence-electron chi connectivity index (χ2n) is 4.80. The molecule has 0 amide bonds. The summed E-state index contributed by atoms with van der Waals surface area (Å²) in [6.45, 7) is 2.91. The van der Waals surface area contributed by atoms with Gasteiger partial charge >= 0.3 is 0 Å². The van der Waals surface area contributed by atoms with Crippen molar-refractivity contribution in [2.75, 3.05) is 6.54 Å². The topological polar surface area (TPSA) is 32.3 Å². The summed E-state index contributed by atoms with van der Waals surface area (Å²) in [5.41, 5.74) is 0.0385. The summed E-state index contributed by atoms with van der Waals surface area (Å²) < 4.78 is 26.6. The predicted molar refractivity (Wildman–Crippen MR) is 61.5 cm³/mol. The lowest BCUT2D eigenvalue weighted by Crippen LogP contribution is -2.41. The van der Waals surface area contributed by atoms with Crippen molar-refractivity contribution in [1.29, 1.82) is 0 Å². The number of rotatable bonds is 2. The van der Waals surface area contributed by atoms with E-state index < -0.39 is 17.7 Å². The summed E-state index contributed by atoms with van der Waals surface area (Å²) in [5, 5.41) is 13.3. The van der Waals surface area contributed by atoms with Gasteiger partial charge in [0.1, 0.15) is 11.6 Å². The van der Waals surface area contributed by atoms with Crippen molar-refractivity contribution in [2.45, 2.75) is 31.9 Å². The van der Waals surface area contributed by atoms with Crippen LogP contribution in [0.5, 0.6) is 0 Å². The van der Waals surface area contributed by atoms with E-state index in [1.54, 1.807) is 0 Å². The molecule has 3 atom stereocenters. The van der Waals surface area contributed by atoms with Gasteiger partial charge in [-0.3, -0.25) is 0 Å². The van der Waals surface area contributed by atoms with Crippen LogP contribution in [0.3, 0.4) is 0 Å². The normalized spacial score (nSPS) is 26.8. The van der Waals surface area contributed by atoms with Crippen LogP contribution in [0.15, 0.2) is 18.2 Å². The first kappa shape index (κ1) is 12.5. The van der Waals surface area contributed by atoms with E-state index in [0.717, 1.165) is 37.6 Å². The molecule has 1 aromatic carbocycles. The zero-order valence-electron chi connectivity index (χ0n) is 9.79. The number of nitrogens with one attached hydrogen (secondary N) is 1. The van der Waals surface area contributed by atoms with E-state index in [2.05, 4.69) is 12.2 Å². The molecule has 3 unspecified atom stereocenters. The lowest BCUT2D eigenvalue weighted by atomic mass is 9.88. The second-order valence-corrected chi connectivity index (χ2v) is 4.80. The standard InChI is InChI=1S/C13H17F2NO/c1-8-4-5-16-12(6-8)13(17)10-7-9(14)2-3-11(10)15/h2-3,7-8,12-13,16-17H,4-6H2,1H3. The van der Waals surface area contributed by atoms with Crippen LogP contribution >= 0.6 is 0 Å². The van der Waals surface area contributed by atoms with Crippen molar-refractivity contribution in [3.05, 3.63) is 35.4 Å². The Morgan fingerprint density at radius 3 is 2.88 bits per heavy atom. The molecule has 94 valence electrons. The second kappa shape index (κ2) is 5.10. The molecule has 0 aliphatic carbocycles. The van der Waals surface area contributed by atoms with Crippen LogP contribution in [-0.4, -0.2) is 17.7 Å². The zero-order valence-corrected chi connectivity index (χ0v) is 9.79. The maximum Gasteiger partial charge on any atom is 0.129 e. The average Bonchev–Trinajstić information content (AvgIpc) is 2.31. The number of aliphatic hydroxyl groups excluding tert-OH is 1. The Balaban J connectivity index is 2.18. The molecular weight excluding hydrogens is 224 g/mol. The van der Waals surface area contributed by atoms with Crippen molar-refractivity contribution in [3.63, 3.8) is 0 Å². The van der Waals surface area contributed by atoms with Crippen LogP contribution in [0.25, 0.3) is 0 Å². The first-order valence-corrected chi connectivity index (χ1v) is 5.94. The Bertz CT molecular complexity index is 397. The highest BCUT2D eigenvalue weighted by atomic mass is 19.1. The molecule has 0 bridgehead atoms. The molecule has 0 spiro atoms. The van der Waals surface area contributed by atoms with Gasteiger partial charge in [-0.05, 0) is 43.5 Å². The van der Waals surface area contributed by atoms with Crippen LogP contribution in [0.1, 0.15) is 31.4 Å². The summed E-state index contributed by atoms with van der Waals surface area (Å²) in [7, 11) is 0. The first-order chi connectivity index (χ1) is 8.08. The van der Waals surface area contributed by atoms with E-state index in [9.17, 15) is 13.9 Å². The van der Waals surface area contributed by atoms with Gasteiger partial charge in [-0.15, -0.1) is 0 Å². The lowest BCUT2D eigenvalue weighted by molar-refractivity contribution is 0.0978. The molecule has 2 N–H and O–H groups in total. The highest BCUT2D eigenvalue weighted by molar-refractivity contribution is 5.22.